The van der Waals surface area contributed by atoms with Crippen LogP contribution in [0.2, 0.25) is 0 Å². The minimum Gasteiger partial charge on any atom is -0.390 e. The van der Waals surface area contributed by atoms with Crippen LogP contribution in [0, 0.1) is 28.6 Å². The van der Waals surface area contributed by atoms with Crippen molar-refractivity contribution in [2.24, 2.45) is 28.6 Å². The predicted molar refractivity (Wildman–Crippen MR) is 99.9 cm³/mol. The lowest BCUT2D eigenvalue weighted by Gasteiger charge is -2.62. The maximum atomic E-state index is 16.9. The second-order valence-corrected chi connectivity index (χ2v) is 9.75. The number of carbonyl (C=O) groups excluding carboxylic acids is 2. The molecule has 0 heterocycles. The van der Waals surface area contributed by atoms with Crippen molar-refractivity contribution in [3.05, 3.63) is 23.8 Å². The second kappa shape index (κ2) is 5.83. The highest BCUT2D eigenvalue weighted by atomic mass is 19.1. The minimum absolute atomic E-state index is 0.0676. The highest BCUT2D eigenvalue weighted by Crippen LogP contribution is 2.70. The summed E-state index contributed by atoms with van der Waals surface area (Å²) in [5.41, 5.74) is -5.18. The first kappa shape index (κ1) is 19.9. The molecule has 0 aromatic rings. The van der Waals surface area contributed by atoms with Gasteiger partial charge in [-0.1, -0.05) is 31.6 Å². The Morgan fingerprint density at radius 1 is 1.32 bits per heavy atom. The van der Waals surface area contributed by atoms with Gasteiger partial charge in [-0.25, -0.2) is 4.39 Å². The lowest BCUT2D eigenvalue weighted by atomic mass is 9.45. The summed E-state index contributed by atoms with van der Waals surface area (Å²) in [6.45, 7) is 4.47. The fraction of sp³-hybridized carbons (Fsp3) is 0.727. The molecule has 0 bridgehead atoms. The number of allylic oxidation sites excluding steroid dienone is 4. The van der Waals surface area contributed by atoms with Crippen LogP contribution in [0.1, 0.15) is 46.5 Å². The Hall–Kier alpha value is -1.37. The van der Waals surface area contributed by atoms with Crippen molar-refractivity contribution in [2.75, 3.05) is 6.61 Å². The summed E-state index contributed by atoms with van der Waals surface area (Å²) in [7, 11) is 0. The van der Waals surface area contributed by atoms with Gasteiger partial charge in [-0.2, -0.15) is 0 Å². The summed E-state index contributed by atoms with van der Waals surface area (Å²) >= 11 is 0. The summed E-state index contributed by atoms with van der Waals surface area (Å²) in [4.78, 5) is 24.4. The molecule has 0 aromatic heterocycles. The first-order chi connectivity index (χ1) is 13.0. The predicted octanol–water partition coefficient (Wildman–Crippen LogP) is 1.90. The van der Waals surface area contributed by atoms with Crippen molar-refractivity contribution in [3.8, 4) is 0 Å². The molecule has 0 aliphatic heterocycles. The lowest BCUT2D eigenvalue weighted by molar-refractivity contribution is -0.215. The van der Waals surface area contributed by atoms with Gasteiger partial charge in [0.1, 0.15) is 12.2 Å². The highest BCUT2D eigenvalue weighted by molar-refractivity contribution is 5.93. The topological polar surface area (TPSA) is 94.8 Å². The molecule has 6 heteroatoms. The van der Waals surface area contributed by atoms with Crippen LogP contribution in [0.25, 0.3) is 0 Å². The van der Waals surface area contributed by atoms with Gasteiger partial charge in [-0.15, -0.1) is 0 Å². The van der Waals surface area contributed by atoms with Crippen molar-refractivity contribution in [2.45, 2.75) is 63.8 Å². The quantitative estimate of drug-likeness (QED) is 0.624. The molecule has 5 nitrogen and oxygen atoms in total. The fourth-order valence-corrected chi connectivity index (χ4v) is 7.17. The van der Waals surface area contributed by atoms with E-state index in [0.29, 0.717) is 18.4 Å². The second-order valence-electron chi connectivity index (χ2n) is 9.75. The van der Waals surface area contributed by atoms with Crippen LogP contribution in [0.15, 0.2) is 23.8 Å². The van der Waals surface area contributed by atoms with Crippen molar-refractivity contribution in [1.82, 2.24) is 0 Å². The molecular weight excluding hydrogens is 363 g/mol. The van der Waals surface area contributed by atoms with E-state index in [9.17, 15) is 24.9 Å². The van der Waals surface area contributed by atoms with Crippen molar-refractivity contribution in [3.63, 3.8) is 0 Å². The summed E-state index contributed by atoms with van der Waals surface area (Å²) in [6.07, 6.45) is 4.41. The van der Waals surface area contributed by atoms with Crippen LogP contribution in [-0.2, 0) is 9.59 Å². The van der Waals surface area contributed by atoms with Crippen LogP contribution in [0.3, 0.4) is 0 Å². The number of hydrogen-bond donors (Lipinski definition) is 3. The van der Waals surface area contributed by atoms with E-state index in [-0.39, 0.29) is 24.5 Å². The fourth-order valence-electron chi connectivity index (χ4n) is 7.17. The maximum Gasteiger partial charge on any atom is 0.190 e. The van der Waals surface area contributed by atoms with Gasteiger partial charge in [-0.05, 0) is 44.1 Å². The van der Waals surface area contributed by atoms with Crippen LogP contribution in [-0.4, -0.2) is 50.9 Å². The minimum atomic E-state index is -1.98. The largest absolute Gasteiger partial charge is 0.390 e. The average molecular weight is 392 g/mol. The van der Waals surface area contributed by atoms with E-state index in [2.05, 4.69) is 0 Å². The smallest absolute Gasteiger partial charge is 0.190 e. The summed E-state index contributed by atoms with van der Waals surface area (Å²) < 4.78 is 16.9. The van der Waals surface area contributed by atoms with E-state index in [1.165, 1.54) is 6.08 Å². The van der Waals surface area contributed by atoms with Crippen LogP contribution >= 0.6 is 0 Å². The normalized spacial score (nSPS) is 52.5. The molecule has 3 N–H and O–H groups in total. The zero-order valence-corrected chi connectivity index (χ0v) is 16.6. The van der Waals surface area contributed by atoms with Crippen molar-refractivity contribution in [1.29, 1.82) is 0 Å². The first-order valence-electron chi connectivity index (χ1n) is 10.1. The van der Waals surface area contributed by atoms with E-state index >= 15 is 4.39 Å². The first-order valence-corrected chi connectivity index (χ1v) is 10.1. The third kappa shape index (κ3) is 2.01. The molecule has 0 aromatic carbocycles. The van der Waals surface area contributed by atoms with Gasteiger partial charge < -0.3 is 15.3 Å². The lowest BCUT2D eigenvalue weighted by Crippen LogP contribution is -2.69. The molecule has 28 heavy (non-hydrogen) atoms. The number of alkyl halides is 1. The van der Waals surface area contributed by atoms with Gasteiger partial charge in [0.25, 0.3) is 0 Å². The third-order valence-electron chi connectivity index (χ3n) is 8.75. The summed E-state index contributed by atoms with van der Waals surface area (Å²) in [6, 6.07) is 0. The number of aliphatic hydroxyl groups is 3. The van der Waals surface area contributed by atoms with Crippen LogP contribution < -0.4 is 0 Å². The Labute approximate surface area is 164 Å². The van der Waals surface area contributed by atoms with Gasteiger partial charge in [0, 0.05) is 23.2 Å². The molecule has 2 saturated carbocycles. The molecule has 7 unspecified atom stereocenters. The van der Waals surface area contributed by atoms with Gasteiger partial charge in [0.05, 0.1) is 6.10 Å². The number of aliphatic hydroxyl groups excluding tert-OH is 2. The Morgan fingerprint density at radius 3 is 2.64 bits per heavy atom. The number of halogens is 1. The van der Waals surface area contributed by atoms with Crippen LogP contribution in [0.5, 0.6) is 0 Å². The number of carbonyl (C=O) groups is 2. The number of hydrogen-bond acceptors (Lipinski definition) is 5. The number of ketones is 2. The van der Waals surface area contributed by atoms with E-state index in [1.807, 2.05) is 6.08 Å². The highest BCUT2D eigenvalue weighted by Gasteiger charge is 2.75. The SMILES string of the molecule is C[C@@H]1CC2C3CC=C4CC(=O)C=CC4(C)C3(F)C(O)CC2(C)C1(O)C(=O)CO. The summed E-state index contributed by atoms with van der Waals surface area (Å²) in [5.74, 6) is -2.09. The van der Waals surface area contributed by atoms with Crippen LogP contribution in [0.4, 0.5) is 4.39 Å². The van der Waals surface area contributed by atoms with Gasteiger partial charge in [0.2, 0.25) is 0 Å². The van der Waals surface area contributed by atoms with Crippen molar-refractivity contribution >= 4 is 11.6 Å². The molecule has 8 atom stereocenters. The molecular formula is C22H29FO5. The Kier molecular flexibility index (Phi) is 4.15. The Balaban J connectivity index is 1.85. The van der Waals surface area contributed by atoms with Crippen molar-refractivity contribution < 1.29 is 29.3 Å². The van der Waals surface area contributed by atoms with E-state index in [0.717, 1.165) is 0 Å². The third-order valence-corrected chi connectivity index (χ3v) is 8.75. The van der Waals surface area contributed by atoms with E-state index in [1.54, 1.807) is 26.8 Å². The average Bonchev–Trinajstić information content (AvgIpc) is 2.84. The van der Waals surface area contributed by atoms with Gasteiger partial charge in [-0.3, -0.25) is 9.59 Å². The zero-order chi connectivity index (χ0) is 20.7. The zero-order valence-electron chi connectivity index (χ0n) is 16.6. The van der Waals surface area contributed by atoms with E-state index < -0.39 is 52.4 Å². The van der Waals surface area contributed by atoms with Gasteiger partial charge >= 0.3 is 0 Å². The van der Waals surface area contributed by atoms with Gasteiger partial charge in [0.15, 0.2) is 17.2 Å². The molecule has 0 amide bonds. The number of rotatable bonds is 2. The Morgan fingerprint density at radius 2 is 2.00 bits per heavy atom. The maximum absolute atomic E-state index is 16.9. The molecule has 2 fully saturated rings. The number of Topliss-reactive ketones (excluding diaryl/α,β-unsaturated/α-hetero) is 1. The molecule has 154 valence electrons. The summed E-state index contributed by atoms with van der Waals surface area (Å²) in [5, 5.41) is 32.0. The molecule has 4 aliphatic carbocycles. The molecule has 0 spiro atoms. The Bertz CT molecular complexity index is 805. The number of fused-ring (bicyclic) bond motifs is 5. The molecule has 0 radical (unpaired) electrons. The monoisotopic (exact) mass is 392 g/mol. The standard InChI is InChI=1S/C22H29FO5/c1-12-8-16-15-5-4-13-9-14(25)6-7-19(13,2)21(15,23)17(26)10-20(16,3)22(12,28)18(27)11-24/h4,6-7,12,15-17,24,26,28H,5,8-11H2,1-3H3/t12-,15?,16?,17?,19?,20?,21?,22?/m1/s1. The van der Waals surface area contributed by atoms with E-state index in [4.69, 9.17) is 0 Å². The molecule has 4 rings (SSSR count). The molecule has 0 saturated heterocycles. The molecule has 4 aliphatic rings.